The second-order valence-electron chi connectivity index (χ2n) is 8.58. The van der Waals surface area contributed by atoms with Gasteiger partial charge < -0.3 is 29.6 Å². The molecule has 3 aliphatic heterocycles. The Labute approximate surface area is 193 Å². The summed E-state index contributed by atoms with van der Waals surface area (Å²) in [5.74, 6) is 3.80. The van der Waals surface area contributed by atoms with Gasteiger partial charge in [-0.25, -0.2) is 0 Å². The molecule has 1 fully saturated rings. The molecule has 0 radical (unpaired) electrons. The van der Waals surface area contributed by atoms with Crippen LogP contribution in [0.5, 0.6) is 23.0 Å². The third-order valence-corrected chi connectivity index (χ3v) is 7.60. The number of anilines is 1. The third-order valence-electron chi connectivity index (χ3n) is 6.52. The summed E-state index contributed by atoms with van der Waals surface area (Å²) in [5, 5.41) is 0. The molecule has 0 spiro atoms. The van der Waals surface area contributed by atoms with Crippen LogP contribution in [0.15, 0.2) is 41.3 Å². The Morgan fingerprint density at radius 3 is 2.50 bits per heavy atom. The summed E-state index contributed by atoms with van der Waals surface area (Å²) in [6, 6.07) is 12.0. The van der Waals surface area contributed by atoms with Crippen LogP contribution in [0.3, 0.4) is 0 Å². The van der Waals surface area contributed by atoms with Crippen molar-refractivity contribution >= 4 is 17.4 Å². The van der Waals surface area contributed by atoms with Crippen LogP contribution in [0.25, 0.3) is 0 Å². The molecule has 1 saturated heterocycles. The molecule has 0 amide bonds. The largest absolute Gasteiger partial charge is 0.493 e. The number of fused-ring (bicyclic) bond motifs is 2. The summed E-state index contributed by atoms with van der Waals surface area (Å²) in [7, 11) is 3.34. The van der Waals surface area contributed by atoms with E-state index in [0.29, 0.717) is 12.5 Å². The summed E-state index contributed by atoms with van der Waals surface area (Å²) in [6.07, 6.45) is 2.39. The van der Waals surface area contributed by atoms with Crippen molar-refractivity contribution in [3.05, 3.63) is 36.4 Å². The Morgan fingerprint density at radius 1 is 1.03 bits per heavy atom. The van der Waals surface area contributed by atoms with Crippen molar-refractivity contribution in [2.75, 3.05) is 51.9 Å². The Kier molecular flexibility index (Phi) is 6.26. The lowest BCUT2D eigenvalue weighted by atomic mass is 9.95. The summed E-state index contributed by atoms with van der Waals surface area (Å²) < 4.78 is 23.0. The number of hydrogen-bond acceptors (Lipinski definition) is 8. The second kappa shape index (κ2) is 9.29. The van der Waals surface area contributed by atoms with Gasteiger partial charge in [0.1, 0.15) is 18.2 Å². The van der Waals surface area contributed by atoms with Gasteiger partial charge in [0, 0.05) is 24.1 Å². The first-order valence-electron chi connectivity index (χ1n) is 11.2. The lowest BCUT2D eigenvalue weighted by Gasteiger charge is -2.37. The number of methoxy groups -OCH3 is 2. The molecule has 2 aromatic carbocycles. The number of nitrogens with zero attached hydrogens (tertiary/aromatic N) is 2. The topological polar surface area (TPSA) is 69.4 Å². The van der Waals surface area contributed by atoms with Crippen LogP contribution < -0.4 is 29.6 Å². The molecule has 0 bridgehead atoms. The SMILES string of the molecule is COc1cc2c(cc1OC)N(CC1CCN(CC3COc4ccccc4O3)CC1)C(N)S2. The van der Waals surface area contributed by atoms with E-state index < -0.39 is 0 Å². The summed E-state index contributed by atoms with van der Waals surface area (Å²) >= 11 is 1.68. The van der Waals surface area contributed by atoms with Crippen LogP contribution in [0, 0.1) is 5.92 Å². The van der Waals surface area contributed by atoms with Crippen LogP contribution in [0.4, 0.5) is 5.69 Å². The first-order chi connectivity index (χ1) is 15.6. The number of para-hydroxylation sites is 2. The monoisotopic (exact) mass is 457 g/mol. The Bertz CT molecular complexity index is 951. The zero-order chi connectivity index (χ0) is 22.1. The highest BCUT2D eigenvalue weighted by molar-refractivity contribution is 8.00. The Hall–Kier alpha value is -2.29. The zero-order valence-electron chi connectivity index (χ0n) is 18.7. The molecular weight excluding hydrogens is 426 g/mol. The van der Waals surface area contributed by atoms with Crippen LogP contribution >= 0.6 is 11.8 Å². The van der Waals surface area contributed by atoms with Crippen molar-refractivity contribution in [1.82, 2.24) is 4.90 Å². The molecular formula is C24H31N3O4S. The fraction of sp³-hybridized carbons (Fsp3) is 0.500. The molecule has 32 heavy (non-hydrogen) atoms. The molecule has 0 aromatic heterocycles. The molecule has 2 N–H and O–H groups in total. The van der Waals surface area contributed by atoms with Crippen LogP contribution in [-0.2, 0) is 0 Å². The van der Waals surface area contributed by atoms with Gasteiger partial charge in [-0.05, 0) is 50.0 Å². The van der Waals surface area contributed by atoms with E-state index in [1.807, 2.05) is 30.3 Å². The molecule has 172 valence electrons. The maximum atomic E-state index is 6.49. The second-order valence-corrected chi connectivity index (χ2v) is 9.74. The van der Waals surface area contributed by atoms with Crippen LogP contribution in [0.1, 0.15) is 12.8 Å². The molecule has 2 unspecified atom stereocenters. The predicted octanol–water partition coefficient (Wildman–Crippen LogP) is 3.41. The Morgan fingerprint density at radius 2 is 1.75 bits per heavy atom. The van der Waals surface area contributed by atoms with Gasteiger partial charge in [0.15, 0.2) is 23.0 Å². The van der Waals surface area contributed by atoms with Gasteiger partial charge in [-0.1, -0.05) is 23.9 Å². The first kappa shape index (κ1) is 21.6. The normalized spacial score (nSPS) is 23.2. The smallest absolute Gasteiger partial charge is 0.162 e. The summed E-state index contributed by atoms with van der Waals surface area (Å²) in [6.45, 7) is 4.61. The molecule has 2 atom stereocenters. The summed E-state index contributed by atoms with van der Waals surface area (Å²) in [4.78, 5) is 5.97. The van der Waals surface area contributed by atoms with E-state index in [2.05, 4.69) is 15.9 Å². The van der Waals surface area contributed by atoms with Crippen molar-refractivity contribution < 1.29 is 18.9 Å². The number of likely N-dealkylation sites (tertiary alicyclic amines) is 1. The highest BCUT2D eigenvalue weighted by Gasteiger charge is 2.33. The quantitative estimate of drug-likeness (QED) is 0.708. The lowest BCUT2D eigenvalue weighted by molar-refractivity contribution is 0.0481. The minimum absolute atomic E-state index is 0.0762. The highest BCUT2D eigenvalue weighted by atomic mass is 32.2. The van der Waals surface area contributed by atoms with Gasteiger partial charge in [0.05, 0.1) is 19.9 Å². The van der Waals surface area contributed by atoms with E-state index >= 15 is 0 Å². The van der Waals surface area contributed by atoms with Crippen molar-refractivity contribution in [1.29, 1.82) is 0 Å². The van der Waals surface area contributed by atoms with E-state index in [0.717, 1.165) is 72.6 Å². The average Bonchev–Trinajstić information content (AvgIpc) is 3.13. The molecule has 0 saturated carbocycles. The molecule has 8 heteroatoms. The number of rotatable bonds is 6. The minimum atomic E-state index is -0.0762. The van der Waals surface area contributed by atoms with Gasteiger partial charge in [0.2, 0.25) is 0 Å². The highest BCUT2D eigenvalue weighted by Crippen LogP contribution is 2.47. The van der Waals surface area contributed by atoms with Gasteiger partial charge in [-0.2, -0.15) is 0 Å². The molecule has 5 rings (SSSR count). The number of ether oxygens (including phenoxy) is 4. The van der Waals surface area contributed by atoms with E-state index in [-0.39, 0.29) is 11.6 Å². The van der Waals surface area contributed by atoms with Gasteiger partial charge in [0.25, 0.3) is 0 Å². The van der Waals surface area contributed by atoms with Gasteiger partial charge >= 0.3 is 0 Å². The molecule has 3 heterocycles. The first-order valence-corrected chi connectivity index (χ1v) is 12.1. The lowest BCUT2D eigenvalue weighted by Crippen LogP contribution is -2.46. The predicted molar refractivity (Wildman–Crippen MR) is 126 cm³/mol. The van der Waals surface area contributed by atoms with Crippen molar-refractivity contribution in [2.24, 2.45) is 11.7 Å². The Balaban J connectivity index is 1.16. The van der Waals surface area contributed by atoms with Crippen molar-refractivity contribution in [3.63, 3.8) is 0 Å². The van der Waals surface area contributed by atoms with Gasteiger partial charge in [-0.3, -0.25) is 4.90 Å². The fourth-order valence-electron chi connectivity index (χ4n) is 4.77. The zero-order valence-corrected chi connectivity index (χ0v) is 19.5. The standard InChI is InChI=1S/C24H31N3O4S/c1-28-21-11-18-23(12-22(21)29-2)32-24(25)27(18)13-16-7-9-26(10-8-16)14-17-15-30-19-5-3-4-6-20(19)31-17/h3-6,11-12,16-17,24H,7-10,13-15,25H2,1-2H3. The molecule has 0 aliphatic carbocycles. The maximum absolute atomic E-state index is 6.49. The number of hydrogen-bond donors (Lipinski definition) is 1. The number of nitrogens with two attached hydrogens (primary N) is 1. The van der Waals surface area contributed by atoms with E-state index in [4.69, 9.17) is 24.7 Å². The van der Waals surface area contributed by atoms with Crippen LogP contribution in [-0.4, -0.2) is 63.5 Å². The third kappa shape index (κ3) is 4.31. The van der Waals surface area contributed by atoms with Crippen LogP contribution in [0.2, 0.25) is 0 Å². The fourth-order valence-corrected chi connectivity index (χ4v) is 5.83. The molecule has 7 nitrogen and oxygen atoms in total. The van der Waals surface area contributed by atoms with E-state index in [1.54, 1.807) is 26.0 Å². The minimum Gasteiger partial charge on any atom is -0.493 e. The van der Waals surface area contributed by atoms with E-state index in [1.165, 1.54) is 0 Å². The maximum Gasteiger partial charge on any atom is 0.162 e. The van der Waals surface area contributed by atoms with Crippen molar-refractivity contribution in [3.8, 4) is 23.0 Å². The average molecular weight is 458 g/mol. The van der Waals surface area contributed by atoms with Gasteiger partial charge in [-0.15, -0.1) is 0 Å². The number of piperidine rings is 1. The number of thioether (sulfide) groups is 1. The molecule has 3 aliphatic rings. The van der Waals surface area contributed by atoms with Crippen molar-refractivity contribution in [2.45, 2.75) is 29.3 Å². The number of benzene rings is 2. The van der Waals surface area contributed by atoms with E-state index in [9.17, 15) is 0 Å². The molecule has 2 aromatic rings. The summed E-state index contributed by atoms with van der Waals surface area (Å²) in [5.41, 5.74) is 7.56.